The number of hydrogen-bond acceptors (Lipinski definition) is 7. The Morgan fingerprint density at radius 2 is 1.90 bits per heavy atom. The van der Waals surface area contributed by atoms with Crippen molar-refractivity contribution < 1.29 is 18.7 Å². The van der Waals surface area contributed by atoms with Crippen LogP contribution >= 0.6 is 11.8 Å². The van der Waals surface area contributed by atoms with E-state index in [-0.39, 0.29) is 24.5 Å². The molecule has 1 atom stereocenters. The quantitative estimate of drug-likeness (QED) is 0.575. The number of nitrogens with zero attached hydrogens (tertiary/aromatic N) is 2. The van der Waals surface area contributed by atoms with Crippen molar-refractivity contribution in [2.45, 2.75) is 43.9 Å². The molecule has 0 bridgehead atoms. The predicted molar refractivity (Wildman–Crippen MR) is 116 cm³/mol. The van der Waals surface area contributed by atoms with E-state index >= 15 is 0 Å². The number of carbonyl (C=O) groups excluding carboxylic acids is 1. The molecule has 1 aromatic heterocycles. The zero-order valence-corrected chi connectivity index (χ0v) is 18.0. The van der Waals surface area contributed by atoms with Crippen LogP contribution in [0.5, 0.6) is 11.5 Å². The van der Waals surface area contributed by atoms with Crippen LogP contribution < -0.4 is 14.8 Å². The van der Waals surface area contributed by atoms with Gasteiger partial charge in [0.15, 0.2) is 11.5 Å². The standard InChI is InChI=1S/C23H23N3O4S/c1-14(16-7-6-15-4-2-3-5-17(15)10-16)24-21(27)12-31-23-26-25-22(30-23)18-8-9-19-20(11-18)29-13-28-19/h6-11,14H,2-5,12-13H2,1H3,(H,24,27)/t14-/m0/s1. The van der Waals surface area contributed by atoms with Gasteiger partial charge in [-0.1, -0.05) is 30.0 Å². The van der Waals surface area contributed by atoms with Gasteiger partial charge in [-0.05, 0) is 67.5 Å². The number of amides is 1. The summed E-state index contributed by atoms with van der Waals surface area (Å²) in [6, 6.07) is 12.0. The number of ether oxygens (including phenoxy) is 2. The molecule has 2 aliphatic rings. The number of benzene rings is 2. The van der Waals surface area contributed by atoms with Crippen LogP contribution in [0.1, 0.15) is 42.5 Å². The molecular formula is C23H23N3O4S. The molecule has 0 saturated heterocycles. The van der Waals surface area contributed by atoms with Gasteiger partial charge in [0.1, 0.15) is 0 Å². The summed E-state index contributed by atoms with van der Waals surface area (Å²) in [5.74, 6) is 1.86. The summed E-state index contributed by atoms with van der Waals surface area (Å²) >= 11 is 1.22. The van der Waals surface area contributed by atoms with Crippen LogP contribution in [0.15, 0.2) is 46.0 Å². The summed E-state index contributed by atoms with van der Waals surface area (Å²) in [6.07, 6.45) is 4.79. The highest BCUT2D eigenvalue weighted by atomic mass is 32.2. The molecular weight excluding hydrogens is 414 g/mol. The first-order valence-electron chi connectivity index (χ1n) is 10.4. The fraction of sp³-hybridized carbons (Fsp3) is 0.348. The molecule has 5 rings (SSSR count). The summed E-state index contributed by atoms with van der Waals surface area (Å²) in [6.45, 7) is 2.22. The third-order valence-corrected chi connectivity index (χ3v) is 6.42. The Balaban J connectivity index is 1.17. The van der Waals surface area contributed by atoms with Crippen LogP contribution in [-0.2, 0) is 17.6 Å². The minimum absolute atomic E-state index is 0.0489. The second-order valence-corrected chi connectivity index (χ2v) is 8.68. The highest BCUT2D eigenvalue weighted by Gasteiger charge is 2.18. The minimum atomic E-state index is -0.0712. The van der Waals surface area contributed by atoms with E-state index in [1.165, 1.54) is 35.7 Å². The number of carbonyl (C=O) groups is 1. The van der Waals surface area contributed by atoms with Crippen molar-refractivity contribution in [2.24, 2.45) is 0 Å². The van der Waals surface area contributed by atoms with Crippen molar-refractivity contribution >= 4 is 17.7 Å². The van der Waals surface area contributed by atoms with Crippen LogP contribution in [0.25, 0.3) is 11.5 Å². The van der Waals surface area contributed by atoms with E-state index in [1.54, 1.807) is 6.07 Å². The number of hydrogen-bond donors (Lipinski definition) is 1. The highest BCUT2D eigenvalue weighted by Crippen LogP contribution is 2.36. The molecule has 3 aromatic rings. The monoisotopic (exact) mass is 437 g/mol. The van der Waals surface area contributed by atoms with Gasteiger partial charge >= 0.3 is 0 Å². The fourth-order valence-electron chi connectivity index (χ4n) is 3.93. The molecule has 2 aromatic carbocycles. The van der Waals surface area contributed by atoms with Crippen LogP contribution in [0.4, 0.5) is 0 Å². The number of rotatable bonds is 6. The van der Waals surface area contributed by atoms with E-state index in [2.05, 4.69) is 33.7 Å². The van der Waals surface area contributed by atoms with Gasteiger partial charge in [0.25, 0.3) is 5.22 Å². The SMILES string of the molecule is C[C@H](NC(=O)CSc1nnc(-c2ccc3c(c2)OCO3)o1)c1ccc2c(c1)CCCC2. The molecule has 0 unspecified atom stereocenters. The Hall–Kier alpha value is -3.00. The molecule has 8 heteroatoms. The van der Waals surface area contributed by atoms with Crippen molar-refractivity contribution in [3.05, 3.63) is 53.1 Å². The van der Waals surface area contributed by atoms with Crippen LogP contribution in [-0.4, -0.2) is 28.7 Å². The lowest BCUT2D eigenvalue weighted by Gasteiger charge is -2.20. The van der Waals surface area contributed by atoms with Crippen molar-refractivity contribution in [3.63, 3.8) is 0 Å². The molecule has 160 valence electrons. The number of thioether (sulfide) groups is 1. The zero-order chi connectivity index (χ0) is 21.2. The first kappa shape index (κ1) is 19.9. The van der Waals surface area contributed by atoms with Gasteiger partial charge in [-0.2, -0.15) is 0 Å². The molecule has 0 spiro atoms. The predicted octanol–water partition coefficient (Wildman–Crippen LogP) is 4.31. The number of nitrogens with one attached hydrogen (secondary N) is 1. The molecule has 0 fully saturated rings. The van der Waals surface area contributed by atoms with E-state index in [0.717, 1.165) is 24.0 Å². The Kier molecular flexibility index (Phi) is 5.55. The van der Waals surface area contributed by atoms with E-state index in [4.69, 9.17) is 13.9 Å². The minimum Gasteiger partial charge on any atom is -0.454 e. The van der Waals surface area contributed by atoms with E-state index in [1.807, 2.05) is 19.1 Å². The topological polar surface area (TPSA) is 86.5 Å². The number of aromatic nitrogens is 2. The zero-order valence-electron chi connectivity index (χ0n) is 17.2. The van der Waals surface area contributed by atoms with Gasteiger partial charge in [0.2, 0.25) is 18.6 Å². The van der Waals surface area contributed by atoms with Crippen LogP contribution in [0.2, 0.25) is 0 Å². The highest BCUT2D eigenvalue weighted by molar-refractivity contribution is 7.99. The van der Waals surface area contributed by atoms with Gasteiger partial charge < -0.3 is 19.2 Å². The molecule has 7 nitrogen and oxygen atoms in total. The normalized spacial score (nSPS) is 15.4. The van der Waals surface area contributed by atoms with Crippen molar-refractivity contribution in [2.75, 3.05) is 12.5 Å². The maximum Gasteiger partial charge on any atom is 0.277 e. The largest absolute Gasteiger partial charge is 0.454 e. The molecule has 2 heterocycles. The Morgan fingerprint density at radius 1 is 1.06 bits per heavy atom. The smallest absolute Gasteiger partial charge is 0.277 e. The van der Waals surface area contributed by atoms with E-state index < -0.39 is 0 Å². The molecule has 0 saturated carbocycles. The lowest BCUT2D eigenvalue weighted by Crippen LogP contribution is -2.28. The van der Waals surface area contributed by atoms with Crippen LogP contribution in [0.3, 0.4) is 0 Å². The molecule has 1 aliphatic heterocycles. The van der Waals surface area contributed by atoms with Gasteiger partial charge in [0, 0.05) is 5.56 Å². The van der Waals surface area contributed by atoms with E-state index in [0.29, 0.717) is 22.6 Å². The summed E-state index contributed by atoms with van der Waals surface area (Å²) in [5.41, 5.74) is 4.75. The third-order valence-electron chi connectivity index (χ3n) is 5.60. The molecule has 31 heavy (non-hydrogen) atoms. The average Bonchev–Trinajstić information content (AvgIpc) is 3.46. The maximum absolute atomic E-state index is 12.4. The van der Waals surface area contributed by atoms with Crippen molar-refractivity contribution in [1.82, 2.24) is 15.5 Å². The van der Waals surface area contributed by atoms with Crippen molar-refractivity contribution in [3.8, 4) is 23.0 Å². The molecule has 0 radical (unpaired) electrons. The molecule has 1 N–H and O–H groups in total. The van der Waals surface area contributed by atoms with Gasteiger partial charge in [-0.25, -0.2) is 0 Å². The van der Waals surface area contributed by atoms with E-state index in [9.17, 15) is 4.79 Å². The second kappa shape index (κ2) is 8.63. The average molecular weight is 438 g/mol. The van der Waals surface area contributed by atoms with Crippen LogP contribution in [0, 0.1) is 0 Å². The molecule has 1 aliphatic carbocycles. The maximum atomic E-state index is 12.4. The Labute approximate surface area is 184 Å². The van der Waals surface area contributed by atoms with Gasteiger partial charge in [0.05, 0.1) is 11.8 Å². The Bertz CT molecular complexity index is 1110. The first-order valence-corrected chi connectivity index (χ1v) is 11.4. The Morgan fingerprint density at radius 3 is 2.81 bits per heavy atom. The lowest BCUT2D eigenvalue weighted by molar-refractivity contribution is -0.119. The second-order valence-electron chi connectivity index (χ2n) is 7.75. The summed E-state index contributed by atoms with van der Waals surface area (Å²) in [7, 11) is 0. The number of aryl methyl sites for hydroxylation is 2. The summed E-state index contributed by atoms with van der Waals surface area (Å²) in [4.78, 5) is 12.4. The van der Waals surface area contributed by atoms with Gasteiger partial charge in [-0.15, -0.1) is 10.2 Å². The summed E-state index contributed by atoms with van der Waals surface area (Å²) in [5, 5.41) is 11.5. The number of fused-ring (bicyclic) bond motifs is 2. The summed E-state index contributed by atoms with van der Waals surface area (Å²) < 4.78 is 16.4. The third kappa shape index (κ3) is 4.39. The lowest BCUT2D eigenvalue weighted by atomic mass is 9.89. The fourth-order valence-corrected chi connectivity index (χ4v) is 4.51. The molecule has 1 amide bonds. The van der Waals surface area contributed by atoms with Gasteiger partial charge in [-0.3, -0.25) is 4.79 Å². The first-order chi connectivity index (χ1) is 15.2. The van der Waals surface area contributed by atoms with Crippen molar-refractivity contribution in [1.29, 1.82) is 0 Å².